The van der Waals surface area contributed by atoms with Crippen LogP contribution in [0.4, 0.5) is 3.89 Å². The van der Waals surface area contributed by atoms with Gasteiger partial charge in [0.25, 0.3) is 5.91 Å². The molecule has 3 aliphatic rings. The number of carbonyl (C=O) groups is 1. The molecule has 0 atom stereocenters. The van der Waals surface area contributed by atoms with Crippen LogP contribution in [0.2, 0.25) is 0 Å². The highest BCUT2D eigenvalue weighted by Crippen LogP contribution is 2.32. The molecule has 3 fully saturated rings. The molecule has 7 heteroatoms. The van der Waals surface area contributed by atoms with E-state index in [1.807, 2.05) is 0 Å². The van der Waals surface area contributed by atoms with Crippen LogP contribution in [-0.4, -0.2) is 44.4 Å². The third-order valence-electron chi connectivity index (χ3n) is 4.50. The highest BCUT2D eigenvalue weighted by molar-refractivity contribution is 7.86. The van der Waals surface area contributed by atoms with E-state index in [1.165, 1.54) is 12.1 Å². The molecule has 3 saturated heterocycles. The number of nitrogens with one attached hydrogen (secondary N) is 1. The number of fused-ring (bicyclic) bond motifs is 3. The van der Waals surface area contributed by atoms with Gasteiger partial charge in [-0.15, -0.1) is 3.89 Å². The summed E-state index contributed by atoms with van der Waals surface area (Å²) in [6.45, 7) is 3.00. The zero-order valence-electron chi connectivity index (χ0n) is 11.5. The largest absolute Gasteiger partial charge is 0.346 e. The molecule has 0 unspecified atom stereocenters. The van der Waals surface area contributed by atoms with Gasteiger partial charge in [-0.1, -0.05) is 0 Å². The summed E-state index contributed by atoms with van der Waals surface area (Å²) in [5, 5.41) is 3.09. The monoisotopic (exact) mass is 312 g/mol. The molecule has 4 rings (SSSR count). The summed E-state index contributed by atoms with van der Waals surface area (Å²) in [5.74, 6) is -0.229. The number of nitrogens with zero attached hydrogens (tertiary/aromatic N) is 1. The van der Waals surface area contributed by atoms with Crippen LogP contribution in [0.1, 0.15) is 29.6 Å². The lowest BCUT2D eigenvalue weighted by Gasteiger charge is -2.48. The zero-order chi connectivity index (χ0) is 15.1. The molecular weight excluding hydrogens is 295 g/mol. The minimum atomic E-state index is -4.72. The molecule has 21 heavy (non-hydrogen) atoms. The summed E-state index contributed by atoms with van der Waals surface area (Å²) < 4.78 is 34.3. The van der Waals surface area contributed by atoms with Crippen molar-refractivity contribution in [3.63, 3.8) is 0 Å². The zero-order valence-corrected chi connectivity index (χ0v) is 12.3. The van der Waals surface area contributed by atoms with Crippen molar-refractivity contribution in [1.29, 1.82) is 0 Å². The first-order valence-electron chi connectivity index (χ1n) is 6.98. The van der Waals surface area contributed by atoms with Crippen molar-refractivity contribution >= 4 is 16.1 Å². The number of carbonyl (C=O) groups excluding carboxylic acids is 1. The average Bonchev–Trinajstić information content (AvgIpc) is 2.48. The summed E-state index contributed by atoms with van der Waals surface area (Å²) in [7, 11) is -4.72. The maximum Gasteiger partial charge on any atom is 0.332 e. The molecule has 3 heterocycles. The first kappa shape index (κ1) is 14.5. The lowest BCUT2D eigenvalue weighted by Crippen LogP contribution is -2.61. The van der Waals surface area contributed by atoms with Gasteiger partial charge in [0, 0.05) is 30.7 Å². The number of piperidine rings is 3. The second-order valence-corrected chi connectivity index (χ2v) is 7.14. The van der Waals surface area contributed by atoms with E-state index < -0.39 is 15.1 Å². The van der Waals surface area contributed by atoms with Crippen molar-refractivity contribution in [1.82, 2.24) is 10.2 Å². The molecule has 0 saturated carbocycles. The maximum atomic E-state index is 12.8. The summed E-state index contributed by atoms with van der Waals surface area (Å²) in [5.41, 5.74) is 0.209. The van der Waals surface area contributed by atoms with E-state index in [-0.39, 0.29) is 11.4 Å². The highest BCUT2D eigenvalue weighted by atomic mass is 32.3. The highest BCUT2D eigenvalue weighted by Gasteiger charge is 2.40. The van der Waals surface area contributed by atoms with Gasteiger partial charge in [0.05, 0.1) is 4.90 Å². The Balaban J connectivity index is 1.73. The molecule has 2 bridgehead atoms. The SMILES string of the molecule is O=C(NC12CCN(CC1)CC2)c1ccc(S(=O)(=O)F)cc1. The lowest BCUT2D eigenvalue weighted by molar-refractivity contribution is 0.0515. The Labute approximate surface area is 123 Å². The molecule has 3 aliphatic heterocycles. The quantitative estimate of drug-likeness (QED) is 0.855. The van der Waals surface area contributed by atoms with Gasteiger partial charge in [-0.2, -0.15) is 8.42 Å². The van der Waals surface area contributed by atoms with Crippen LogP contribution in [0.5, 0.6) is 0 Å². The van der Waals surface area contributed by atoms with Gasteiger partial charge in [-0.3, -0.25) is 4.79 Å². The first-order chi connectivity index (χ1) is 9.88. The Hall–Kier alpha value is -1.47. The average molecular weight is 312 g/mol. The van der Waals surface area contributed by atoms with Crippen molar-refractivity contribution in [2.45, 2.75) is 29.7 Å². The fourth-order valence-corrected chi connectivity index (χ4v) is 3.56. The molecule has 0 aliphatic carbocycles. The van der Waals surface area contributed by atoms with E-state index in [1.54, 1.807) is 0 Å². The molecular formula is C14H17FN2O3S. The predicted octanol–water partition coefficient (Wildman–Crippen LogP) is 1.31. The van der Waals surface area contributed by atoms with E-state index in [9.17, 15) is 17.1 Å². The van der Waals surface area contributed by atoms with Crippen LogP contribution in [0.3, 0.4) is 0 Å². The van der Waals surface area contributed by atoms with E-state index >= 15 is 0 Å². The summed E-state index contributed by atoms with van der Waals surface area (Å²) in [4.78, 5) is 14.2. The standard InChI is InChI=1S/C14H17FN2O3S/c15-21(19,20)12-3-1-11(2-4-12)13(18)16-14-5-8-17(9-6-14)10-7-14/h1-4H,5-10H2,(H,16,18). The predicted molar refractivity (Wildman–Crippen MR) is 75.2 cm³/mol. The number of halogens is 1. The van der Waals surface area contributed by atoms with Crippen molar-refractivity contribution in [3.05, 3.63) is 29.8 Å². The van der Waals surface area contributed by atoms with Gasteiger partial charge in [0.15, 0.2) is 0 Å². The minimum Gasteiger partial charge on any atom is -0.346 e. The third kappa shape index (κ3) is 2.94. The van der Waals surface area contributed by atoms with E-state index in [0.29, 0.717) is 5.56 Å². The Morgan fingerprint density at radius 1 is 1.10 bits per heavy atom. The van der Waals surface area contributed by atoms with Crippen LogP contribution in [0.25, 0.3) is 0 Å². The topological polar surface area (TPSA) is 66.5 Å². The van der Waals surface area contributed by atoms with Crippen molar-refractivity contribution in [2.24, 2.45) is 0 Å². The molecule has 1 amide bonds. The van der Waals surface area contributed by atoms with Crippen LogP contribution in [-0.2, 0) is 10.2 Å². The molecule has 1 aromatic carbocycles. The van der Waals surface area contributed by atoms with Crippen LogP contribution >= 0.6 is 0 Å². The molecule has 1 aromatic rings. The fourth-order valence-electron chi connectivity index (χ4n) is 3.10. The number of hydrogen-bond acceptors (Lipinski definition) is 4. The number of rotatable bonds is 3. The molecule has 0 aromatic heterocycles. The van der Waals surface area contributed by atoms with Gasteiger partial charge in [-0.25, -0.2) is 0 Å². The first-order valence-corrected chi connectivity index (χ1v) is 8.36. The van der Waals surface area contributed by atoms with Gasteiger partial charge in [0.1, 0.15) is 0 Å². The molecule has 0 radical (unpaired) electrons. The van der Waals surface area contributed by atoms with Crippen LogP contribution in [0.15, 0.2) is 29.2 Å². The van der Waals surface area contributed by atoms with Crippen molar-refractivity contribution in [3.8, 4) is 0 Å². The van der Waals surface area contributed by atoms with Crippen LogP contribution < -0.4 is 5.32 Å². The van der Waals surface area contributed by atoms with Crippen molar-refractivity contribution in [2.75, 3.05) is 19.6 Å². The van der Waals surface area contributed by atoms with Crippen LogP contribution in [0, 0.1) is 0 Å². The second kappa shape index (κ2) is 5.06. The summed E-state index contributed by atoms with van der Waals surface area (Å²) in [6.07, 6.45) is 2.82. The number of hydrogen-bond donors (Lipinski definition) is 1. The van der Waals surface area contributed by atoms with E-state index in [4.69, 9.17) is 0 Å². The van der Waals surface area contributed by atoms with E-state index in [0.717, 1.165) is 51.0 Å². The Morgan fingerprint density at radius 2 is 1.62 bits per heavy atom. The smallest absolute Gasteiger partial charge is 0.332 e. The summed E-state index contributed by atoms with van der Waals surface area (Å²) >= 11 is 0. The minimum absolute atomic E-state index is 0.142. The lowest BCUT2D eigenvalue weighted by atomic mass is 9.80. The molecule has 1 N–H and O–H groups in total. The van der Waals surface area contributed by atoms with Gasteiger partial charge in [-0.05, 0) is 43.5 Å². The van der Waals surface area contributed by atoms with Crippen molar-refractivity contribution < 1.29 is 17.1 Å². The molecule has 5 nitrogen and oxygen atoms in total. The van der Waals surface area contributed by atoms with Gasteiger partial charge in [0.2, 0.25) is 0 Å². The van der Waals surface area contributed by atoms with E-state index in [2.05, 4.69) is 10.2 Å². The maximum absolute atomic E-state index is 12.8. The number of benzene rings is 1. The Morgan fingerprint density at radius 3 is 2.10 bits per heavy atom. The normalized spacial score (nSPS) is 28.3. The molecule has 0 spiro atoms. The number of amides is 1. The Kier molecular flexibility index (Phi) is 3.49. The Bertz CT molecular complexity index is 636. The van der Waals surface area contributed by atoms with Gasteiger partial charge >= 0.3 is 10.2 Å². The second-order valence-electron chi connectivity index (χ2n) is 5.79. The molecule has 114 valence electrons. The third-order valence-corrected chi connectivity index (χ3v) is 5.33. The summed E-state index contributed by atoms with van der Waals surface area (Å²) in [6, 6.07) is 4.92. The fraction of sp³-hybridized carbons (Fsp3) is 0.500. The van der Waals surface area contributed by atoms with Gasteiger partial charge < -0.3 is 10.2 Å².